The van der Waals surface area contributed by atoms with E-state index in [0.717, 1.165) is 7.11 Å². The molecule has 1 aromatic carbocycles. The van der Waals surface area contributed by atoms with Crippen LogP contribution in [0.25, 0.3) is 0 Å². The van der Waals surface area contributed by atoms with Crippen LogP contribution in [0.5, 0.6) is 0 Å². The van der Waals surface area contributed by atoms with E-state index in [9.17, 15) is 14.0 Å². The second-order valence-electron chi connectivity index (χ2n) is 3.54. The van der Waals surface area contributed by atoms with Gasteiger partial charge in [0, 0.05) is 10.7 Å². The molecule has 0 heterocycles. The van der Waals surface area contributed by atoms with Crippen molar-refractivity contribution in [3.05, 3.63) is 27.6 Å². The molecule has 0 saturated heterocycles. The van der Waals surface area contributed by atoms with E-state index in [1.165, 1.54) is 19.2 Å². The van der Waals surface area contributed by atoms with E-state index in [1.54, 1.807) is 6.07 Å². The Hall–Kier alpha value is -1.55. The SMILES string of the molecule is COCC(=O)/C(=N/Nc1ccc(I)cc1F)C(=O)OC. The monoisotopic (exact) mass is 394 g/mol. The van der Waals surface area contributed by atoms with E-state index < -0.39 is 23.3 Å². The molecule has 0 unspecified atom stereocenters. The number of Topliss-reactive ketones (excluding diaryl/α,β-unsaturated/α-hetero) is 1. The normalized spacial score (nSPS) is 11.1. The number of hydrogen-bond acceptors (Lipinski definition) is 6. The molecule has 20 heavy (non-hydrogen) atoms. The molecule has 0 aliphatic rings. The number of esters is 1. The number of nitrogens with zero attached hydrogens (tertiary/aromatic N) is 1. The minimum Gasteiger partial charge on any atom is -0.464 e. The molecule has 0 aromatic heterocycles. The number of methoxy groups -OCH3 is 2. The van der Waals surface area contributed by atoms with Gasteiger partial charge in [0.15, 0.2) is 0 Å². The Labute approximate surface area is 128 Å². The van der Waals surface area contributed by atoms with Gasteiger partial charge in [0.25, 0.3) is 0 Å². The van der Waals surface area contributed by atoms with Gasteiger partial charge in [0.1, 0.15) is 12.4 Å². The Bertz CT molecular complexity index is 548. The van der Waals surface area contributed by atoms with Crippen LogP contribution in [0.4, 0.5) is 10.1 Å². The lowest BCUT2D eigenvalue weighted by molar-refractivity contribution is -0.133. The second-order valence-corrected chi connectivity index (χ2v) is 4.79. The molecule has 108 valence electrons. The molecule has 0 amide bonds. The molecule has 0 radical (unpaired) electrons. The number of rotatable bonds is 6. The standard InChI is InChI=1S/C12H12FIN2O4/c1-19-6-10(17)11(12(18)20-2)16-15-9-4-3-7(14)5-8(9)13/h3-5,15H,6H2,1-2H3/b16-11-. The maximum Gasteiger partial charge on any atom is 0.362 e. The zero-order chi connectivity index (χ0) is 15.1. The first-order valence-electron chi connectivity index (χ1n) is 5.38. The fourth-order valence-corrected chi connectivity index (χ4v) is 1.67. The maximum absolute atomic E-state index is 13.6. The summed E-state index contributed by atoms with van der Waals surface area (Å²) in [6.45, 7) is -0.329. The highest BCUT2D eigenvalue weighted by atomic mass is 127. The number of benzene rings is 1. The Kier molecular flexibility index (Phi) is 6.52. The van der Waals surface area contributed by atoms with Crippen LogP contribution in [0.2, 0.25) is 0 Å². The summed E-state index contributed by atoms with van der Waals surface area (Å²) in [7, 11) is 2.42. The zero-order valence-corrected chi connectivity index (χ0v) is 12.9. The predicted molar refractivity (Wildman–Crippen MR) is 79.1 cm³/mol. The number of anilines is 1. The highest BCUT2D eigenvalue weighted by Gasteiger charge is 2.21. The topological polar surface area (TPSA) is 77.0 Å². The predicted octanol–water partition coefficient (Wildman–Crippen LogP) is 1.59. The van der Waals surface area contributed by atoms with E-state index in [0.29, 0.717) is 3.57 Å². The zero-order valence-electron chi connectivity index (χ0n) is 10.8. The van der Waals surface area contributed by atoms with Crippen molar-refractivity contribution >= 4 is 45.7 Å². The fraction of sp³-hybridized carbons (Fsp3) is 0.250. The third kappa shape index (κ3) is 4.53. The summed E-state index contributed by atoms with van der Waals surface area (Å²) in [5, 5.41) is 3.59. The van der Waals surface area contributed by atoms with Gasteiger partial charge in [-0.25, -0.2) is 9.18 Å². The molecule has 0 aliphatic heterocycles. The summed E-state index contributed by atoms with van der Waals surface area (Å²) in [6.07, 6.45) is 0. The van der Waals surface area contributed by atoms with E-state index in [4.69, 9.17) is 0 Å². The molecule has 1 rings (SSSR count). The van der Waals surface area contributed by atoms with Crippen LogP contribution in [0.1, 0.15) is 0 Å². The molecule has 0 aliphatic carbocycles. The summed E-state index contributed by atoms with van der Waals surface area (Å²) in [6, 6.07) is 4.37. The summed E-state index contributed by atoms with van der Waals surface area (Å²) in [5.74, 6) is -2.15. The highest BCUT2D eigenvalue weighted by molar-refractivity contribution is 14.1. The van der Waals surface area contributed by atoms with E-state index in [2.05, 4.69) is 20.0 Å². The fourth-order valence-electron chi connectivity index (χ4n) is 1.21. The Balaban J connectivity index is 2.96. The van der Waals surface area contributed by atoms with Crippen LogP contribution in [-0.4, -0.2) is 38.3 Å². The summed E-state index contributed by atoms with van der Waals surface area (Å²) >= 11 is 1.95. The summed E-state index contributed by atoms with van der Waals surface area (Å²) in [5.41, 5.74) is 1.87. The number of halogens is 2. The second kappa shape index (κ2) is 7.90. The average Bonchev–Trinajstić information content (AvgIpc) is 2.41. The van der Waals surface area contributed by atoms with E-state index in [1.807, 2.05) is 22.6 Å². The maximum atomic E-state index is 13.6. The van der Waals surface area contributed by atoms with Gasteiger partial charge in [-0.05, 0) is 40.8 Å². The average molecular weight is 394 g/mol. The van der Waals surface area contributed by atoms with Crippen LogP contribution in [0.3, 0.4) is 0 Å². The van der Waals surface area contributed by atoms with Crippen LogP contribution in [0, 0.1) is 9.39 Å². The van der Waals surface area contributed by atoms with Crippen molar-refractivity contribution in [2.24, 2.45) is 5.10 Å². The molecular formula is C12H12FIN2O4. The smallest absolute Gasteiger partial charge is 0.362 e. The number of ketones is 1. The van der Waals surface area contributed by atoms with Crippen LogP contribution < -0.4 is 5.43 Å². The number of carbonyl (C=O) groups excluding carboxylic acids is 2. The van der Waals surface area contributed by atoms with Crippen molar-refractivity contribution in [2.45, 2.75) is 0 Å². The van der Waals surface area contributed by atoms with Gasteiger partial charge in [-0.1, -0.05) is 0 Å². The van der Waals surface area contributed by atoms with Crippen molar-refractivity contribution in [1.29, 1.82) is 0 Å². The molecule has 0 saturated carbocycles. The molecule has 8 heteroatoms. The molecule has 1 N–H and O–H groups in total. The Morgan fingerprint density at radius 2 is 2.10 bits per heavy atom. The Morgan fingerprint density at radius 1 is 1.40 bits per heavy atom. The first kappa shape index (κ1) is 16.5. The molecule has 1 aromatic rings. The van der Waals surface area contributed by atoms with Gasteiger partial charge in [-0.15, -0.1) is 0 Å². The lowest BCUT2D eigenvalue weighted by atomic mass is 10.2. The minimum absolute atomic E-state index is 0.0389. The van der Waals surface area contributed by atoms with Crippen molar-refractivity contribution in [1.82, 2.24) is 0 Å². The largest absolute Gasteiger partial charge is 0.464 e. The van der Waals surface area contributed by atoms with Crippen molar-refractivity contribution in [3.63, 3.8) is 0 Å². The van der Waals surface area contributed by atoms with Gasteiger partial charge >= 0.3 is 5.97 Å². The third-order valence-electron chi connectivity index (χ3n) is 2.14. The van der Waals surface area contributed by atoms with Crippen LogP contribution >= 0.6 is 22.6 Å². The first-order chi connectivity index (χ1) is 9.49. The third-order valence-corrected chi connectivity index (χ3v) is 2.81. The van der Waals surface area contributed by atoms with Gasteiger partial charge in [-0.3, -0.25) is 10.2 Å². The highest BCUT2D eigenvalue weighted by Crippen LogP contribution is 2.16. The molecule has 0 fully saturated rings. The quantitative estimate of drug-likeness (QED) is 0.261. The van der Waals surface area contributed by atoms with Crippen molar-refractivity contribution in [2.75, 3.05) is 26.3 Å². The molecule has 0 atom stereocenters. The van der Waals surface area contributed by atoms with Gasteiger partial charge in [-0.2, -0.15) is 5.10 Å². The molecule has 0 spiro atoms. The van der Waals surface area contributed by atoms with Gasteiger partial charge in [0.2, 0.25) is 11.5 Å². The van der Waals surface area contributed by atoms with Crippen LogP contribution in [0.15, 0.2) is 23.3 Å². The molecular weight excluding hydrogens is 382 g/mol. The lowest BCUT2D eigenvalue weighted by Gasteiger charge is -2.06. The van der Waals surface area contributed by atoms with E-state index in [-0.39, 0.29) is 12.3 Å². The molecule has 0 bridgehead atoms. The number of nitrogens with one attached hydrogen (secondary N) is 1. The van der Waals surface area contributed by atoms with Gasteiger partial charge < -0.3 is 9.47 Å². The number of hydrazone groups is 1. The van der Waals surface area contributed by atoms with Gasteiger partial charge in [0.05, 0.1) is 12.8 Å². The Morgan fingerprint density at radius 3 is 2.65 bits per heavy atom. The van der Waals surface area contributed by atoms with E-state index >= 15 is 0 Å². The lowest BCUT2D eigenvalue weighted by Crippen LogP contribution is -2.29. The number of carbonyl (C=O) groups is 2. The number of ether oxygens (including phenoxy) is 2. The van der Waals surface area contributed by atoms with Crippen LogP contribution in [-0.2, 0) is 19.1 Å². The van der Waals surface area contributed by atoms with Crippen molar-refractivity contribution < 1.29 is 23.5 Å². The molecule has 6 nitrogen and oxygen atoms in total. The summed E-state index contributed by atoms with van der Waals surface area (Å²) < 4.78 is 23.3. The number of hydrogen-bond donors (Lipinski definition) is 1. The van der Waals surface area contributed by atoms with Crippen molar-refractivity contribution in [3.8, 4) is 0 Å². The first-order valence-corrected chi connectivity index (χ1v) is 6.46. The summed E-state index contributed by atoms with van der Waals surface area (Å²) in [4.78, 5) is 23.0. The minimum atomic E-state index is -0.925.